The lowest BCUT2D eigenvalue weighted by Crippen LogP contribution is -1.96. The molecule has 0 spiro atoms. The molecule has 0 heterocycles. The van der Waals surface area contributed by atoms with Crippen molar-refractivity contribution in [1.82, 2.24) is 0 Å². The molecule has 1 unspecified atom stereocenters. The molecule has 0 radical (unpaired) electrons. The van der Waals surface area contributed by atoms with E-state index in [1.165, 1.54) is 0 Å². The highest BCUT2D eigenvalue weighted by atomic mass is 32.2. The van der Waals surface area contributed by atoms with Crippen LogP contribution in [0.3, 0.4) is 0 Å². The maximum absolute atomic E-state index is 8.35. The summed E-state index contributed by atoms with van der Waals surface area (Å²) in [5.41, 5.74) is 0. The summed E-state index contributed by atoms with van der Waals surface area (Å²) in [6, 6.07) is 2.12. The van der Waals surface area contributed by atoms with Gasteiger partial charge in [-0.1, -0.05) is 0 Å². The van der Waals surface area contributed by atoms with Crippen LogP contribution < -0.4 is 0 Å². The Balaban J connectivity index is 2.99. The van der Waals surface area contributed by atoms with Crippen LogP contribution in [0.25, 0.3) is 0 Å². The molecular weight excluding hydrogens is 134 g/mol. The molecule has 0 aliphatic carbocycles. The van der Waals surface area contributed by atoms with Gasteiger partial charge >= 0.3 is 0 Å². The van der Waals surface area contributed by atoms with E-state index in [2.05, 4.69) is 6.07 Å². The van der Waals surface area contributed by atoms with Crippen molar-refractivity contribution < 1.29 is 5.11 Å². The number of hydrogen-bond acceptors (Lipinski definition) is 3. The summed E-state index contributed by atoms with van der Waals surface area (Å²) < 4.78 is 0. The van der Waals surface area contributed by atoms with Gasteiger partial charge in [0.25, 0.3) is 0 Å². The molecular formula is C6H11NOS. The average Bonchev–Trinajstić information content (AvgIpc) is 1.89. The third-order valence-electron chi connectivity index (χ3n) is 0.824. The van der Waals surface area contributed by atoms with Crippen LogP contribution >= 0.6 is 11.8 Å². The Labute approximate surface area is 59.9 Å². The van der Waals surface area contributed by atoms with E-state index in [0.717, 1.165) is 11.5 Å². The van der Waals surface area contributed by atoms with Gasteiger partial charge < -0.3 is 5.11 Å². The van der Waals surface area contributed by atoms with Crippen LogP contribution in [0.5, 0.6) is 0 Å². The standard InChI is InChI=1S/C6H11NOS/c1-6(4-7)5-9-3-2-8/h6,8H,2-3,5H2,1H3. The van der Waals surface area contributed by atoms with Gasteiger partial charge in [-0.3, -0.25) is 0 Å². The van der Waals surface area contributed by atoms with Crippen LogP contribution in [0, 0.1) is 17.2 Å². The van der Waals surface area contributed by atoms with Gasteiger partial charge in [0.1, 0.15) is 0 Å². The first-order valence-electron chi connectivity index (χ1n) is 2.89. The topological polar surface area (TPSA) is 44.0 Å². The van der Waals surface area contributed by atoms with Crippen LogP contribution in [0.15, 0.2) is 0 Å². The van der Waals surface area contributed by atoms with E-state index in [1.807, 2.05) is 6.92 Å². The van der Waals surface area contributed by atoms with Gasteiger partial charge in [0.15, 0.2) is 0 Å². The summed E-state index contributed by atoms with van der Waals surface area (Å²) >= 11 is 1.61. The quantitative estimate of drug-likeness (QED) is 0.597. The number of nitriles is 1. The van der Waals surface area contributed by atoms with Crippen LogP contribution in [0.4, 0.5) is 0 Å². The molecule has 0 saturated carbocycles. The molecule has 3 heteroatoms. The summed E-state index contributed by atoms with van der Waals surface area (Å²) in [5, 5.41) is 16.7. The molecule has 0 rings (SSSR count). The lowest BCUT2D eigenvalue weighted by molar-refractivity contribution is 0.322. The van der Waals surface area contributed by atoms with Crippen molar-refractivity contribution in [2.45, 2.75) is 6.92 Å². The average molecular weight is 145 g/mol. The normalized spacial score (nSPS) is 12.6. The number of rotatable bonds is 4. The van der Waals surface area contributed by atoms with Gasteiger partial charge in [0.2, 0.25) is 0 Å². The van der Waals surface area contributed by atoms with Crippen molar-refractivity contribution in [2.75, 3.05) is 18.1 Å². The summed E-state index contributed by atoms with van der Waals surface area (Å²) in [4.78, 5) is 0. The van der Waals surface area contributed by atoms with Gasteiger partial charge in [0.05, 0.1) is 18.6 Å². The molecule has 52 valence electrons. The molecule has 0 aromatic heterocycles. The molecule has 0 amide bonds. The van der Waals surface area contributed by atoms with Crippen LogP contribution in [0.2, 0.25) is 0 Å². The lowest BCUT2D eigenvalue weighted by Gasteiger charge is -1.98. The van der Waals surface area contributed by atoms with Crippen molar-refractivity contribution in [3.63, 3.8) is 0 Å². The van der Waals surface area contributed by atoms with Gasteiger partial charge in [0, 0.05) is 11.5 Å². The summed E-state index contributed by atoms with van der Waals surface area (Å²) in [6.07, 6.45) is 0. The predicted octanol–water partition coefficient (Wildman–Crippen LogP) is 0.872. The molecule has 0 aromatic carbocycles. The molecule has 0 bridgehead atoms. The van der Waals surface area contributed by atoms with Crippen LogP contribution in [-0.4, -0.2) is 23.2 Å². The molecule has 0 saturated heterocycles. The van der Waals surface area contributed by atoms with Crippen molar-refractivity contribution in [1.29, 1.82) is 5.26 Å². The SMILES string of the molecule is CC(C#N)CSCCO. The fourth-order valence-corrected chi connectivity index (χ4v) is 1.09. The Morgan fingerprint density at radius 3 is 2.89 bits per heavy atom. The Kier molecular flexibility index (Phi) is 5.80. The van der Waals surface area contributed by atoms with Gasteiger partial charge in [-0.2, -0.15) is 17.0 Å². The van der Waals surface area contributed by atoms with E-state index >= 15 is 0 Å². The first kappa shape index (κ1) is 8.80. The van der Waals surface area contributed by atoms with E-state index in [-0.39, 0.29) is 12.5 Å². The number of hydrogen-bond donors (Lipinski definition) is 1. The Morgan fingerprint density at radius 1 is 1.78 bits per heavy atom. The fraction of sp³-hybridized carbons (Fsp3) is 0.833. The fourth-order valence-electron chi connectivity index (χ4n) is 0.362. The van der Waals surface area contributed by atoms with Crippen molar-refractivity contribution >= 4 is 11.8 Å². The van der Waals surface area contributed by atoms with Crippen molar-refractivity contribution in [3.05, 3.63) is 0 Å². The minimum absolute atomic E-state index is 0.113. The third kappa shape index (κ3) is 5.67. The highest BCUT2D eigenvalue weighted by molar-refractivity contribution is 7.99. The molecule has 2 nitrogen and oxygen atoms in total. The molecule has 9 heavy (non-hydrogen) atoms. The smallest absolute Gasteiger partial charge is 0.0661 e. The van der Waals surface area contributed by atoms with Crippen LogP contribution in [0.1, 0.15) is 6.92 Å². The highest BCUT2D eigenvalue weighted by Crippen LogP contribution is 2.05. The van der Waals surface area contributed by atoms with Gasteiger partial charge in [-0.15, -0.1) is 0 Å². The van der Waals surface area contributed by atoms with E-state index in [4.69, 9.17) is 10.4 Å². The van der Waals surface area contributed by atoms with E-state index in [0.29, 0.717) is 0 Å². The zero-order chi connectivity index (χ0) is 7.11. The van der Waals surface area contributed by atoms with Crippen molar-refractivity contribution in [2.24, 2.45) is 5.92 Å². The maximum Gasteiger partial charge on any atom is 0.0661 e. The van der Waals surface area contributed by atoms with E-state index in [1.54, 1.807) is 11.8 Å². The summed E-state index contributed by atoms with van der Waals surface area (Å²) in [6.45, 7) is 2.09. The Bertz CT molecular complexity index is 99.7. The summed E-state index contributed by atoms with van der Waals surface area (Å²) in [5.74, 6) is 1.69. The minimum Gasteiger partial charge on any atom is -0.396 e. The second kappa shape index (κ2) is 5.93. The molecule has 0 fully saturated rings. The number of thioether (sulfide) groups is 1. The molecule has 0 aromatic rings. The maximum atomic E-state index is 8.35. The first-order valence-corrected chi connectivity index (χ1v) is 4.05. The van der Waals surface area contributed by atoms with E-state index in [9.17, 15) is 0 Å². The number of aliphatic hydroxyl groups is 1. The molecule has 1 N–H and O–H groups in total. The lowest BCUT2D eigenvalue weighted by atomic mass is 10.3. The molecule has 0 aliphatic rings. The second-order valence-electron chi connectivity index (χ2n) is 1.83. The summed E-state index contributed by atoms with van der Waals surface area (Å²) in [7, 11) is 0. The Hall–Kier alpha value is -0.200. The zero-order valence-corrected chi connectivity index (χ0v) is 6.32. The van der Waals surface area contributed by atoms with Gasteiger partial charge in [-0.25, -0.2) is 0 Å². The predicted molar refractivity (Wildman–Crippen MR) is 39.2 cm³/mol. The van der Waals surface area contributed by atoms with Crippen LogP contribution in [-0.2, 0) is 0 Å². The van der Waals surface area contributed by atoms with Crippen molar-refractivity contribution in [3.8, 4) is 6.07 Å². The van der Waals surface area contributed by atoms with E-state index < -0.39 is 0 Å². The largest absolute Gasteiger partial charge is 0.396 e. The molecule has 0 aliphatic heterocycles. The Morgan fingerprint density at radius 2 is 2.44 bits per heavy atom. The second-order valence-corrected chi connectivity index (χ2v) is 2.98. The van der Waals surface area contributed by atoms with Gasteiger partial charge in [-0.05, 0) is 6.92 Å². The third-order valence-corrected chi connectivity index (χ3v) is 2.03. The number of aliphatic hydroxyl groups excluding tert-OH is 1. The highest BCUT2D eigenvalue weighted by Gasteiger charge is 1.96. The molecule has 1 atom stereocenters. The monoisotopic (exact) mass is 145 g/mol. The zero-order valence-electron chi connectivity index (χ0n) is 5.50. The first-order chi connectivity index (χ1) is 4.31. The number of nitrogens with zero attached hydrogens (tertiary/aromatic N) is 1. The minimum atomic E-state index is 0.113.